The van der Waals surface area contributed by atoms with Crippen LogP contribution >= 0.6 is 46.4 Å². The van der Waals surface area contributed by atoms with Crippen LogP contribution in [0.2, 0.25) is 20.1 Å². The molecule has 0 aliphatic rings. The molecule has 1 aromatic heterocycles. The van der Waals surface area contributed by atoms with E-state index in [2.05, 4.69) is 4.98 Å². The van der Waals surface area contributed by atoms with Gasteiger partial charge in [0.25, 0.3) is 0 Å². The lowest BCUT2D eigenvalue weighted by Gasteiger charge is -2.09. The van der Waals surface area contributed by atoms with Gasteiger partial charge in [-0.2, -0.15) is 0 Å². The van der Waals surface area contributed by atoms with E-state index in [1.54, 1.807) is 24.4 Å². The van der Waals surface area contributed by atoms with Gasteiger partial charge in [-0.05, 0) is 12.1 Å². The number of ether oxygens (including phenoxy) is 1. The Bertz CT molecular complexity index is 601. The van der Waals surface area contributed by atoms with Gasteiger partial charge in [0.1, 0.15) is 5.75 Å². The summed E-state index contributed by atoms with van der Waals surface area (Å²) in [4.78, 5) is 4.20. The fraction of sp³-hybridized carbons (Fsp3) is 0.0833. The summed E-state index contributed by atoms with van der Waals surface area (Å²) in [7, 11) is 1.54. The minimum absolute atomic E-state index is 0.354. The predicted molar refractivity (Wildman–Crippen MR) is 76.3 cm³/mol. The van der Waals surface area contributed by atoms with E-state index in [4.69, 9.17) is 51.1 Å². The van der Waals surface area contributed by atoms with Crippen molar-refractivity contribution in [2.24, 2.45) is 0 Å². The zero-order valence-corrected chi connectivity index (χ0v) is 12.2. The highest BCUT2D eigenvalue weighted by atomic mass is 35.5. The SMILES string of the molecule is COc1cnc(-c2cc(Cl)cc(Cl)c2Cl)c(Cl)c1. The van der Waals surface area contributed by atoms with E-state index >= 15 is 0 Å². The van der Waals surface area contributed by atoms with Crippen LogP contribution in [-0.2, 0) is 0 Å². The summed E-state index contributed by atoms with van der Waals surface area (Å²) in [6.07, 6.45) is 1.55. The number of rotatable bonds is 2. The highest BCUT2D eigenvalue weighted by molar-refractivity contribution is 6.45. The van der Waals surface area contributed by atoms with Gasteiger partial charge in [-0.3, -0.25) is 4.98 Å². The van der Waals surface area contributed by atoms with Crippen LogP contribution < -0.4 is 4.74 Å². The standard InChI is InChI=1S/C12H7Cl4NO/c1-18-7-4-10(15)12(17-5-7)8-2-6(13)3-9(14)11(8)16/h2-5H,1H3. The number of aromatic nitrogens is 1. The van der Waals surface area contributed by atoms with Gasteiger partial charge in [-0.25, -0.2) is 0 Å². The lowest BCUT2D eigenvalue weighted by molar-refractivity contribution is 0.413. The first kappa shape index (κ1) is 13.8. The Morgan fingerprint density at radius 3 is 2.33 bits per heavy atom. The Hall–Kier alpha value is -0.670. The summed E-state index contributed by atoms with van der Waals surface area (Å²) < 4.78 is 5.03. The van der Waals surface area contributed by atoms with E-state index in [1.807, 2.05) is 0 Å². The van der Waals surface area contributed by atoms with Gasteiger partial charge in [0.2, 0.25) is 0 Å². The summed E-state index contributed by atoms with van der Waals surface area (Å²) in [6, 6.07) is 4.87. The molecule has 0 amide bonds. The van der Waals surface area contributed by atoms with Crippen LogP contribution in [0.5, 0.6) is 5.75 Å². The third kappa shape index (κ3) is 2.67. The topological polar surface area (TPSA) is 22.1 Å². The number of methoxy groups -OCH3 is 1. The van der Waals surface area contributed by atoms with Crippen molar-refractivity contribution in [3.63, 3.8) is 0 Å². The quantitative estimate of drug-likeness (QED) is 0.693. The first-order chi connectivity index (χ1) is 8.52. The van der Waals surface area contributed by atoms with Crippen molar-refractivity contribution >= 4 is 46.4 Å². The van der Waals surface area contributed by atoms with Crippen molar-refractivity contribution < 1.29 is 4.74 Å². The molecular formula is C12H7Cl4NO. The molecule has 94 valence electrons. The van der Waals surface area contributed by atoms with Crippen LogP contribution in [0.4, 0.5) is 0 Å². The molecule has 1 heterocycles. The molecule has 0 saturated heterocycles. The van der Waals surface area contributed by atoms with Crippen molar-refractivity contribution in [2.45, 2.75) is 0 Å². The smallest absolute Gasteiger partial charge is 0.138 e. The lowest BCUT2D eigenvalue weighted by Crippen LogP contribution is -1.90. The normalized spacial score (nSPS) is 10.5. The van der Waals surface area contributed by atoms with Crippen LogP contribution in [-0.4, -0.2) is 12.1 Å². The van der Waals surface area contributed by atoms with E-state index in [1.165, 1.54) is 7.11 Å². The molecule has 0 saturated carbocycles. The Balaban J connectivity index is 2.62. The molecule has 0 aliphatic carbocycles. The second kappa shape index (κ2) is 5.54. The molecule has 1 aromatic carbocycles. The molecule has 18 heavy (non-hydrogen) atoms. The van der Waals surface area contributed by atoms with Crippen LogP contribution in [0, 0.1) is 0 Å². The molecule has 0 spiro atoms. The molecule has 0 radical (unpaired) electrons. The van der Waals surface area contributed by atoms with Crippen molar-refractivity contribution in [2.75, 3.05) is 7.11 Å². The summed E-state index contributed by atoms with van der Waals surface area (Å²) in [5, 5.41) is 1.59. The van der Waals surface area contributed by atoms with E-state index in [0.29, 0.717) is 37.1 Å². The average Bonchev–Trinajstić information content (AvgIpc) is 2.34. The van der Waals surface area contributed by atoms with Gasteiger partial charge in [-0.15, -0.1) is 0 Å². The lowest BCUT2D eigenvalue weighted by atomic mass is 10.1. The third-order valence-corrected chi connectivity index (χ3v) is 3.61. The van der Waals surface area contributed by atoms with Gasteiger partial charge in [0.05, 0.1) is 34.1 Å². The minimum Gasteiger partial charge on any atom is -0.495 e. The molecule has 0 N–H and O–H groups in total. The van der Waals surface area contributed by atoms with Gasteiger partial charge < -0.3 is 4.74 Å². The van der Waals surface area contributed by atoms with E-state index in [-0.39, 0.29) is 0 Å². The van der Waals surface area contributed by atoms with Crippen LogP contribution in [0.25, 0.3) is 11.3 Å². The number of halogens is 4. The zero-order valence-electron chi connectivity index (χ0n) is 9.18. The van der Waals surface area contributed by atoms with Crippen LogP contribution in [0.1, 0.15) is 0 Å². The molecule has 0 fully saturated rings. The second-order valence-corrected chi connectivity index (χ2v) is 5.08. The predicted octanol–water partition coefficient (Wildman–Crippen LogP) is 5.37. The van der Waals surface area contributed by atoms with Gasteiger partial charge in [-0.1, -0.05) is 46.4 Å². The number of nitrogens with zero attached hydrogens (tertiary/aromatic N) is 1. The van der Waals surface area contributed by atoms with Gasteiger partial charge in [0, 0.05) is 16.7 Å². The first-order valence-electron chi connectivity index (χ1n) is 4.87. The third-order valence-electron chi connectivity index (χ3n) is 2.30. The Morgan fingerprint density at radius 2 is 1.72 bits per heavy atom. The van der Waals surface area contributed by atoms with Gasteiger partial charge in [0.15, 0.2) is 0 Å². The van der Waals surface area contributed by atoms with E-state index in [0.717, 1.165) is 0 Å². The molecule has 0 atom stereocenters. The van der Waals surface area contributed by atoms with Crippen molar-refractivity contribution in [1.82, 2.24) is 4.98 Å². The molecule has 6 heteroatoms. The summed E-state index contributed by atoms with van der Waals surface area (Å²) in [6.45, 7) is 0. The second-order valence-electron chi connectivity index (χ2n) is 3.45. The molecule has 0 unspecified atom stereocenters. The number of pyridine rings is 1. The Morgan fingerprint density at radius 1 is 1.00 bits per heavy atom. The molecular weight excluding hydrogens is 316 g/mol. The molecule has 0 aliphatic heterocycles. The Labute approximate surface area is 124 Å². The average molecular weight is 323 g/mol. The highest BCUT2D eigenvalue weighted by Crippen LogP contribution is 2.38. The van der Waals surface area contributed by atoms with E-state index < -0.39 is 0 Å². The van der Waals surface area contributed by atoms with E-state index in [9.17, 15) is 0 Å². The number of benzene rings is 1. The maximum absolute atomic E-state index is 6.13. The summed E-state index contributed by atoms with van der Waals surface area (Å²) in [5.74, 6) is 0.563. The van der Waals surface area contributed by atoms with Gasteiger partial charge >= 0.3 is 0 Å². The van der Waals surface area contributed by atoms with Crippen molar-refractivity contribution in [3.8, 4) is 17.0 Å². The number of hydrogen-bond donors (Lipinski definition) is 0. The maximum Gasteiger partial charge on any atom is 0.138 e. The monoisotopic (exact) mass is 321 g/mol. The molecule has 2 nitrogen and oxygen atoms in total. The van der Waals surface area contributed by atoms with Crippen LogP contribution in [0.3, 0.4) is 0 Å². The zero-order chi connectivity index (χ0) is 13.3. The van der Waals surface area contributed by atoms with Crippen LogP contribution in [0.15, 0.2) is 24.4 Å². The highest BCUT2D eigenvalue weighted by Gasteiger charge is 2.14. The molecule has 2 rings (SSSR count). The molecule has 2 aromatic rings. The fourth-order valence-corrected chi connectivity index (χ4v) is 2.41. The fourth-order valence-electron chi connectivity index (χ4n) is 1.46. The minimum atomic E-state index is 0.354. The van der Waals surface area contributed by atoms with Crippen molar-refractivity contribution in [1.29, 1.82) is 0 Å². The maximum atomic E-state index is 6.13. The summed E-state index contributed by atoms with van der Waals surface area (Å²) in [5.41, 5.74) is 1.09. The Kier molecular flexibility index (Phi) is 4.23. The summed E-state index contributed by atoms with van der Waals surface area (Å²) >= 11 is 24.2. The van der Waals surface area contributed by atoms with Crippen molar-refractivity contribution in [3.05, 3.63) is 44.5 Å². The first-order valence-corrected chi connectivity index (χ1v) is 6.38. The largest absolute Gasteiger partial charge is 0.495 e. The number of hydrogen-bond acceptors (Lipinski definition) is 2. The molecule has 0 bridgehead atoms.